The Morgan fingerprint density at radius 1 is 1.29 bits per heavy atom. The van der Waals surface area contributed by atoms with Gasteiger partial charge in [-0.3, -0.25) is 20.0 Å². The Labute approximate surface area is 163 Å². The van der Waals surface area contributed by atoms with Crippen LogP contribution in [-0.4, -0.2) is 35.0 Å². The molecule has 0 spiro atoms. The zero-order chi connectivity index (χ0) is 19.5. The zero-order valence-corrected chi connectivity index (χ0v) is 15.9. The molecular formula is C22H23N3O3. The van der Waals surface area contributed by atoms with E-state index in [2.05, 4.69) is 34.1 Å². The Bertz CT molecular complexity index is 1000. The number of methoxy groups -OCH3 is 1. The van der Waals surface area contributed by atoms with Crippen molar-refractivity contribution >= 4 is 16.5 Å². The van der Waals surface area contributed by atoms with Crippen molar-refractivity contribution in [2.75, 3.05) is 20.2 Å². The fraction of sp³-hybridized carbons (Fsp3) is 0.318. The van der Waals surface area contributed by atoms with Gasteiger partial charge in [0.05, 0.1) is 12.0 Å². The highest BCUT2D eigenvalue weighted by atomic mass is 16.6. The summed E-state index contributed by atoms with van der Waals surface area (Å²) in [5.74, 6) is 0.894. The molecule has 1 saturated heterocycles. The van der Waals surface area contributed by atoms with Crippen LogP contribution in [0.25, 0.3) is 10.8 Å². The highest BCUT2D eigenvalue weighted by molar-refractivity contribution is 5.84. The second-order valence-corrected chi connectivity index (χ2v) is 7.37. The average Bonchev–Trinajstić information content (AvgIpc) is 3.15. The van der Waals surface area contributed by atoms with Crippen molar-refractivity contribution in [2.45, 2.75) is 19.4 Å². The number of nitrogens with zero attached hydrogens (tertiary/aromatic N) is 3. The third-order valence-electron chi connectivity index (χ3n) is 5.50. The molecule has 2 heterocycles. The number of aromatic nitrogens is 1. The lowest BCUT2D eigenvalue weighted by Gasteiger charge is -2.17. The molecule has 1 aromatic heterocycles. The van der Waals surface area contributed by atoms with Crippen molar-refractivity contribution in [3.63, 3.8) is 0 Å². The quantitative estimate of drug-likeness (QED) is 0.475. The lowest BCUT2D eigenvalue weighted by molar-refractivity contribution is -0.385. The second-order valence-electron chi connectivity index (χ2n) is 7.37. The molecule has 28 heavy (non-hydrogen) atoms. The van der Waals surface area contributed by atoms with Crippen molar-refractivity contribution in [3.05, 3.63) is 76.1 Å². The standard InChI is InChI=1S/C22H23N3O3/c1-28-22-6-5-16(12-21(22)25(26)27)14-24-10-8-17(15-24)11-18-3-2-4-19-13-23-9-7-20(18)19/h2-7,9,12-13,17H,8,10-11,14-15H2,1H3. The van der Waals surface area contributed by atoms with Crippen LogP contribution in [0.15, 0.2) is 54.9 Å². The third-order valence-corrected chi connectivity index (χ3v) is 5.50. The first-order chi connectivity index (χ1) is 13.6. The number of nitro groups is 1. The van der Waals surface area contributed by atoms with E-state index in [1.165, 1.54) is 23.4 Å². The van der Waals surface area contributed by atoms with Gasteiger partial charge in [-0.15, -0.1) is 0 Å². The molecule has 6 heteroatoms. The van der Waals surface area contributed by atoms with Gasteiger partial charge >= 0.3 is 5.69 Å². The molecule has 1 aliphatic heterocycles. The Morgan fingerprint density at radius 2 is 2.18 bits per heavy atom. The number of benzene rings is 2. The molecule has 1 aliphatic rings. The molecule has 1 atom stereocenters. The molecular weight excluding hydrogens is 354 g/mol. The minimum atomic E-state index is -0.384. The Morgan fingerprint density at radius 3 is 3.00 bits per heavy atom. The maximum atomic E-state index is 11.2. The van der Waals surface area contributed by atoms with Crippen LogP contribution in [0, 0.1) is 16.0 Å². The maximum Gasteiger partial charge on any atom is 0.311 e. The summed E-state index contributed by atoms with van der Waals surface area (Å²) in [5, 5.41) is 13.7. The summed E-state index contributed by atoms with van der Waals surface area (Å²) in [6, 6.07) is 13.7. The summed E-state index contributed by atoms with van der Waals surface area (Å²) in [5.41, 5.74) is 2.34. The first-order valence-electron chi connectivity index (χ1n) is 9.49. The Kier molecular flexibility index (Phi) is 5.21. The number of fused-ring (bicyclic) bond motifs is 1. The van der Waals surface area contributed by atoms with Crippen LogP contribution < -0.4 is 4.74 Å². The van der Waals surface area contributed by atoms with Gasteiger partial charge in [-0.05, 0) is 54.0 Å². The fourth-order valence-electron chi connectivity index (χ4n) is 4.14. The van der Waals surface area contributed by atoms with Crippen molar-refractivity contribution in [2.24, 2.45) is 5.92 Å². The van der Waals surface area contributed by atoms with Crippen LogP contribution in [0.1, 0.15) is 17.5 Å². The number of hydrogen-bond acceptors (Lipinski definition) is 5. The summed E-state index contributed by atoms with van der Waals surface area (Å²) in [7, 11) is 1.45. The van der Waals surface area contributed by atoms with Crippen LogP contribution in [-0.2, 0) is 13.0 Å². The minimum absolute atomic E-state index is 0.0279. The van der Waals surface area contributed by atoms with Gasteiger partial charge in [0.15, 0.2) is 5.75 Å². The minimum Gasteiger partial charge on any atom is -0.490 e. The van der Waals surface area contributed by atoms with Crippen LogP contribution in [0.4, 0.5) is 5.69 Å². The molecule has 4 rings (SSSR count). The highest BCUT2D eigenvalue weighted by Gasteiger charge is 2.24. The molecule has 6 nitrogen and oxygen atoms in total. The highest BCUT2D eigenvalue weighted by Crippen LogP contribution is 2.30. The number of pyridine rings is 1. The maximum absolute atomic E-state index is 11.2. The SMILES string of the molecule is COc1ccc(CN2CCC(Cc3cccc4cnccc34)C2)cc1[N+](=O)[O-]. The van der Waals surface area contributed by atoms with E-state index in [4.69, 9.17) is 4.74 Å². The van der Waals surface area contributed by atoms with Gasteiger partial charge in [0.2, 0.25) is 0 Å². The fourth-order valence-corrected chi connectivity index (χ4v) is 4.14. The molecule has 1 fully saturated rings. The monoisotopic (exact) mass is 377 g/mol. The lowest BCUT2D eigenvalue weighted by Crippen LogP contribution is -2.20. The van der Waals surface area contributed by atoms with E-state index < -0.39 is 0 Å². The summed E-state index contributed by atoms with van der Waals surface area (Å²) in [4.78, 5) is 17.4. The molecule has 2 aromatic carbocycles. The van der Waals surface area contributed by atoms with E-state index in [9.17, 15) is 10.1 Å². The molecule has 144 valence electrons. The average molecular weight is 377 g/mol. The summed E-state index contributed by atoms with van der Waals surface area (Å²) in [6.07, 6.45) is 5.94. The molecule has 0 saturated carbocycles. The van der Waals surface area contributed by atoms with Crippen LogP contribution in [0.5, 0.6) is 5.75 Å². The van der Waals surface area contributed by atoms with Crippen molar-refractivity contribution in [1.29, 1.82) is 0 Å². The molecule has 0 aliphatic carbocycles. The van der Waals surface area contributed by atoms with E-state index >= 15 is 0 Å². The molecule has 0 N–H and O–H groups in total. The number of likely N-dealkylation sites (tertiary alicyclic amines) is 1. The smallest absolute Gasteiger partial charge is 0.311 e. The van der Waals surface area contributed by atoms with Crippen molar-refractivity contribution < 1.29 is 9.66 Å². The summed E-state index contributed by atoms with van der Waals surface area (Å²) < 4.78 is 5.09. The topological polar surface area (TPSA) is 68.5 Å². The second kappa shape index (κ2) is 7.94. The van der Waals surface area contributed by atoms with Gasteiger partial charge in [-0.1, -0.05) is 24.3 Å². The van der Waals surface area contributed by atoms with Crippen LogP contribution in [0.2, 0.25) is 0 Å². The van der Waals surface area contributed by atoms with Gasteiger partial charge < -0.3 is 4.74 Å². The summed E-state index contributed by atoms with van der Waals surface area (Å²) >= 11 is 0. The van der Waals surface area contributed by atoms with E-state index in [1.54, 1.807) is 12.1 Å². The molecule has 1 unspecified atom stereocenters. The predicted octanol–water partition coefficient (Wildman–Crippen LogP) is 4.22. The van der Waals surface area contributed by atoms with Crippen molar-refractivity contribution in [3.8, 4) is 5.75 Å². The number of rotatable bonds is 6. The Hall–Kier alpha value is -2.99. The largest absolute Gasteiger partial charge is 0.490 e. The zero-order valence-electron chi connectivity index (χ0n) is 15.9. The van der Waals surface area contributed by atoms with E-state index in [1.807, 2.05) is 18.5 Å². The van der Waals surface area contributed by atoms with Gasteiger partial charge in [0, 0.05) is 36.9 Å². The van der Waals surface area contributed by atoms with Crippen LogP contribution in [0.3, 0.4) is 0 Å². The van der Waals surface area contributed by atoms with Gasteiger partial charge in [-0.2, -0.15) is 0 Å². The number of hydrogen-bond donors (Lipinski definition) is 0. The molecule has 0 radical (unpaired) electrons. The number of ether oxygens (including phenoxy) is 1. The lowest BCUT2D eigenvalue weighted by atomic mass is 9.95. The van der Waals surface area contributed by atoms with Crippen molar-refractivity contribution in [1.82, 2.24) is 9.88 Å². The molecule has 0 bridgehead atoms. The first-order valence-corrected chi connectivity index (χ1v) is 9.49. The van der Waals surface area contributed by atoms with Crippen LogP contribution >= 0.6 is 0 Å². The normalized spacial score (nSPS) is 17.1. The Balaban J connectivity index is 1.43. The van der Waals surface area contributed by atoms with Gasteiger partial charge in [0.25, 0.3) is 0 Å². The third kappa shape index (κ3) is 3.82. The van der Waals surface area contributed by atoms with E-state index in [-0.39, 0.29) is 10.6 Å². The number of nitro benzene ring substituents is 1. The van der Waals surface area contributed by atoms with Gasteiger partial charge in [0.1, 0.15) is 0 Å². The van der Waals surface area contributed by atoms with Gasteiger partial charge in [-0.25, -0.2) is 0 Å². The van der Waals surface area contributed by atoms with E-state index in [0.717, 1.165) is 38.0 Å². The molecule has 3 aromatic rings. The molecule has 0 amide bonds. The summed E-state index contributed by atoms with van der Waals surface area (Å²) in [6.45, 7) is 2.74. The van der Waals surface area contributed by atoms with E-state index in [0.29, 0.717) is 11.7 Å². The first kappa shape index (κ1) is 18.4. The predicted molar refractivity (Wildman–Crippen MR) is 108 cm³/mol.